The molecule has 27 heavy (non-hydrogen) atoms. The van der Waals surface area contributed by atoms with Crippen LogP contribution in [0.2, 0.25) is 5.02 Å². The van der Waals surface area contributed by atoms with Gasteiger partial charge in [-0.25, -0.2) is 9.97 Å². The summed E-state index contributed by atoms with van der Waals surface area (Å²) in [4.78, 5) is 20.7. The number of aryl methyl sites for hydroxylation is 2. The summed E-state index contributed by atoms with van der Waals surface area (Å²) in [5, 5.41) is 15.2. The number of nitriles is 1. The van der Waals surface area contributed by atoms with Crippen molar-refractivity contribution in [3.63, 3.8) is 0 Å². The van der Waals surface area contributed by atoms with Crippen LogP contribution < -0.4 is 10.6 Å². The highest BCUT2D eigenvalue weighted by Gasteiger charge is 2.13. The number of hydrogen-bond donors (Lipinski definition) is 2. The molecule has 2 N–H and O–H groups in total. The van der Waals surface area contributed by atoms with Crippen LogP contribution in [0.15, 0.2) is 48.8 Å². The highest BCUT2D eigenvalue weighted by molar-refractivity contribution is 6.34. The molecule has 0 aliphatic heterocycles. The van der Waals surface area contributed by atoms with E-state index in [1.807, 2.05) is 19.9 Å². The Hall–Kier alpha value is -3.43. The number of rotatable bonds is 4. The van der Waals surface area contributed by atoms with E-state index in [0.717, 1.165) is 16.8 Å². The fourth-order valence-corrected chi connectivity index (χ4v) is 2.95. The molecule has 0 aliphatic carbocycles. The van der Waals surface area contributed by atoms with E-state index in [1.165, 1.54) is 6.33 Å². The number of carbonyl (C=O) groups excluding carboxylic acids is 1. The molecule has 1 aromatic heterocycles. The molecular formula is C20H16ClN5O. The number of carbonyl (C=O) groups is 1. The maximum Gasteiger partial charge on any atom is 0.274 e. The lowest BCUT2D eigenvalue weighted by Gasteiger charge is -2.12. The van der Waals surface area contributed by atoms with Gasteiger partial charge in [0.2, 0.25) is 0 Å². The van der Waals surface area contributed by atoms with Crippen molar-refractivity contribution < 1.29 is 4.79 Å². The van der Waals surface area contributed by atoms with Crippen molar-refractivity contribution in [3.05, 3.63) is 76.2 Å². The van der Waals surface area contributed by atoms with Crippen LogP contribution in [0.4, 0.5) is 17.2 Å². The third-order valence-electron chi connectivity index (χ3n) is 3.86. The molecule has 0 bridgehead atoms. The topological polar surface area (TPSA) is 90.7 Å². The molecule has 0 spiro atoms. The van der Waals surface area contributed by atoms with Crippen molar-refractivity contribution in [2.45, 2.75) is 13.8 Å². The van der Waals surface area contributed by atoms with Crippen LogP contribution >= 0.6 is 11.6 Å². The average Bonchev–Trinajstić information content (AvgIpc) is 2.65. The van der Waals surface area contributed by atoms with Gasteiger partial charge in [0.05, 0.1) is 22.3 Å². The molecule has 7 heteroatoms. The van der Waals surface area contributed by atoms with E-state index in [-0.39, 0.29) is 11.6 Å². The maximum atomic E-state index is 12.6. The number of hydrogen-bond acceptors (Lipinski definition) is 5. The van der Waals surface area contributed by atoms with Crippen LogP contribution in [0.1, 0.15) is 27.2 Å². The lowest BCUT2D eigenvalue weighted by atomic mass is 10.1. The first-order chi connectivity index (χ1) is 13.0. The molecule has 3 aromatic rings. The Bertz CT molecular complexity index is 1020. The van der Waals surface area contributed by atoms with Gasteiger partial charge < -0.3 is 10.6 Å². The fraction of sp³-hybridized carbons (Fsp3) is 0.100. The van der Waals surface area contributed by atoms with Gasteiger partial charge >= 0.3 is 0 Å². The van der Waals surface area contributed by atoms with Crippen molar-refractivity contribution in [2.75, 3.05) is 10.6 Å². The molecule has 0 atom stereocenters. The smallest absolute Gasteiger partial charge is 0.274 e. The van der Waals surface area contributed by atoms with Gasteiger partial charge in [-0.05, 0) is 55.3 Å². The molecular weight excluding hydrogens is 362 g/mol. The Balaban J connectivity index is 1.78. The van der Waals surface area contributed by atoms with Crippen molar-refractivity contribution in [1.82, 2.24) is 9.97 Å². The number of benzene rings is 2. The van der Waals surface area contributed by atoms with Gasteiger partial charge in [0, 0.05) is 11.8 Å². The van der Waals surface area contributed by atoms with Gasteiger partial charge in [0.1, 0.15) is 17.8 Å². The summed E-state index contributed by atoms with van der Waals surface area (Å²) < 4.78 is 0. The number of aromatic nitrogens is 2. The SMILES string of the molecule is Cc1cc(C)c(NC(=O)c2cc(Nc3ccc(C#N)cc3)ncn2)c(Cl)c1. The van der Waals surface area contributed by atoms with Gasteiger partial charge in [-0.15, -0.1) is 0 Å². The second kappa shape index (κ2) is 7.85. The maximum absolute atomic E-state index is 12.6. The van der Waals surface area contributed by atoms with E-state index in [0.29, 0.717) is 22.1 Å². The minimum atomic E-state index is -0.380. The van der Waals surface area contributed by atoms with Gasteiger partial charge in [-0.2, -0.15) is 5.26 Å². The zero-order valence-corrected chi connectivity index (χ0v) is 15.5. The average molecular weight is 378 g/mol. The molecule has 0 unspecified atom stereocenters. The van der Waals surface area contributed by atoms with Gasteiger partial charge in [0.15, 0.2) is 0 Å². The predicted molar refractivity (Wildman–Crippen MR) is 105 cm³/mol. The molecule has 1 amide bonds. The zero-order chi connectivity index (χ0) is 19.4. The molecule has 0 radical (unpaired) electrons. The third-order valence-corrected chi connectivity index (χ3v) is 4.15. The minimum Gasteiger partial charge on any atom is -0.340 e. The molecule has 3 rings (SSSR count). The first-order valence-corrected chi connectivity index (χ1v) is 8.51. The first kappa shape index (κ1) is 18.4. The predicted octanol–water partition coefficient (Wildman–Crippen LogP) is 4.61. The van der Waals surface area contributed by atoms with Crippen molar-refractivity contribution >= 4 is 34.7 Å². The van der Waals surface area contributed by atoms with Crippen LogP contribution in [0, 0.1) is 25.2 Å². The summed E-state index contributed by atoms with van der Waals surface area (Å²) in [5.41, 5.74) is 3.97. The van der Waals surface area contributed by atoms with E-state index >= 15 is 0 Å². The van der Waals surface area contributed by atoms with Crippen molar-refractivity contribution in [2.24, 2.45) is 0 Å². The molecule has 1 heterocycles. The summed E-state index contributed by atoms with van der Waals surface area (Å²) in [6.45, 7) is 3.82. The molecule has 2 aromatic carbocycles. The summed E-state index contributed by atoms with van der Waals surface area (Å²) in [7, 11) is 0. The Kier molecular flexibility index (Phi) is 5.34. The van der Waals surface area contributed by atoms with E-state index in [1.54, 1.807) is 36.4 Å². The summed E-state index contributed by atoms with van der Waals surface area (Å²) in [6, 6.07) is 14.3. The second-order valence-corrected chi connectivity index (χ2v) is 6.40. The largest absolute Gasteiger partial charge is 0.340 e. The lowest BCUT2D eigenvalue weighted by molar-refractivity contribution is 0.102. The van der Waals surface area contributed by atoms with Crippen molar-refractivity contribution in [1.29, 1.82) is 5.26 Å². The number of nitrogens with zero attached hydrogens (tertiary/aromatic N) is 3. The molecule has 0 fully saturated rings. The monoisotopic (exact) mass is 377 g/mol. The Labute approximate surface area is 161 Å². The van der Waals surface area contributed by atoms with Crippen LogP contribution in [-0.2, 0) is 0 Å². The Morgan fingerprint density at radius 1 is 1.11 bits per heavy atom. The normalized spacial score (nSPS) is 10.1. The van der Waals surface area contributed by atoms with Crippen molar-refractivity contribution in [3.8, 4) is 6.07 Å². The summed E-state index contributed by atoms with van der Waals surface area (Å²) in [6.07, 6.45) is 1.31. The quantitative estimate of drug-likeness (QED) is 0.692. The lowest BCUT2D eigenvalue weighted by Crippen LogP contribution is -2.15. The first-order valence-electron chi connectivity index (χ1n) is 8.13. The van der Waals surface area contributed by atoms with Crippen LogP contribution in [0.25, 0.3) is 0 Å². The van der Waals surface area contributed by atoms with Gasteiger partial charge in [-0.3, -0.25) is 4.79 Å². The number of nitrogens with one attached hydrogen (secondary N) is 2. The highest BCUT2D eigenvalue weighted by atomic mass is 35.5. The summed E-state index contributed by atoms with van der Waals surface area (Å²) >= 11 is 6.25. The Morgan fingerprint density at radius 2 is 1.85 bits per heavy atom. The number of amides is 1. The van der Waals surface area contributed by atoms with E-state index in [2.05, 4.69) is 26.7 Å². The highest BCUT2D eigenvalue weighted by Crippen LogP contribution is 2.27. The molecule has 6 nitrogen and oxygen atoms in total. The minimum absolute atomic E-state index is 0.206. The molecule has 134 valence electrons. The van der Waals surface area contributed by atoms with E-state index in [4.69, 9.17) is 16.9 Å². The van der Waals surface area contributed by atoms with Gasteiger partial charge in [0.25, 0.3) is 5.91 Å². The summed E-state index contributed by atoms with van der Waals surface area (Å²) in [5.74, 6) is 0.0840. The zero-order valence-electron chi connectivity index (χ0n) is 14.7. The molecule has 0 aliphatic rings. The Morgan fingerprint density at radius 3 is 2.52 bits per heavy atom. The number of halogens is 1. The second-order valence-electron chi connectivity index (χ2n) is 6.00. The van der Waals surface area contributed by atoms with E-state index in [9.17, 15) is 4.79 Å². The van der Waals surface area contributed by atoms with E-state index < -0.39 is 0 Å². The standard InChI is InChI=1S/C20H16ClN5O/c1-12-7-13(2)19(16(21)8-12)26-20(27)17-9-18(24-11-23-17)25-15-5-3-14(10-22)4-6-15/h3-9,11H,1-2H3,(H,26,27)(H,23,24,25). The van der Waals surface area contributed by atoms with Gasteiger partial charge in [-0.1, -0.05) is 17.7 Å². The van der Waals surface area contributed by atoms with Crippen LogP contribution in [0.5, 0.6) is 0 Å². The number of anilines is 3. The van der Waals surface area contributed by atoms with Crippen LogP contribution in [0.3, 0.4) is 0 Å². The molecule has 0 saturated carbocycles. The third kappa shape index (κ3) is 4.40. The molecule has 0 saturated heterocycles. The van der Waals surface area contributed by atoms with Crippen LogP contribution in [-0.4, -0.2) is 15.9 Å². The fourth-order valence-electron chi connectivity index (χ4n) is 2.58.